The van der Waals surface area contributed by atoms with Gasteiger partial charge in [-0.15, -0.1) is 0 Å². The molecule has 1 aromatic carbocycles. The Morgan fingerprint density at radius 3 is 2.46 bits per heavy atom. The number of aliphatic hydroxyl groups is 1. The summed E-state index contributed by atoms with van der Waals surface area (Å²) in [6.07, 6.45) is -1.07. The highest BCUT2D eigenvalue weighted by molar-refractivity contribution is 6.00. The molecule has 1 spiro atoms. The quantitative estimate of drug-likeness (QED) is 0.366. The van der Waals surface area contributed by atoms with E-state index in [-0.39, 0.29) is 35.7 Å². The summed E-state index contributed by atoms with van der Waals surface area (Å²) in [5, 5.41) is 17.0. The minimum absolute atomic E-state index is 0.0207. The van der Waals surface area contributed by atoms with Crippen LogP contribution in [0.2, 0.25) is 0 Å². The van der Waals surface area contributed by atoms with Gasteiger partial charge in [0, 0.05) is 31.3 Å². The molecule has 3 saturated heterocycles. The Bertz CT molecular complexity index is 1040. The lowest BCUT2D eigenvalue weighted by Gasteiger charge is -2.56. The van der Waals surface area contributed by atoms with Crippen molar-refractivity contribution >= 4 is 29.4 Å². The van der Waals surface area contributed by atoms with E-state index in [2.05, 4.69) is 0 Å². The van der Waals surface area contributed by atoms with Crippen molar-refractivity contribution in [1.82, 2.24) is 4.90 Å². The van der Waals surface area contributed by atoms with Gasteiger partial charge in [0.15, 0.2) is 11.6 Å². The predicted octanol–water partition coefficient (Wildman–Crippen LogP) is 3.41. The van der Waals surface area contributed by atoms with Crippen molar-refractivity contribution in [2.45, 2.75) is 32.5 Å². The molecule has 0 radical (unpaired) electrons. The number of nitrogens with one attached hydrogen (secondary N) is 1. The third-order valence-electron chi connectivity index (χ3n) is 5.90. The lowest BCUT2D eigenvalue weighted by molar-refractivity contribution is -0.127. The summed E-state index contributed by atoms with van der Waals surface area (Å²) in [6, 6.07) is 2.15. The van der Waals surface area contributed by atoms with Gasteiger partial charge in [0.05, 0.1) is 43.7 Å². The first-order valence-electron chi connectivity index (χ1n) is 11.1. The van der Waals surface area contributed by atoms with E-state index >= 15 is 0 Å². The fourth-order valence-corrected chi connectivity index (χ4v) is 4.28. The molecule has 0 bridgehead atoms. The molecule has 12 heteroatoms. The van der Waals surface area contributed by atoms with E-state index in [1.807, 2.05) is 0 Å². The van der Waals surface area contributed by atoms with Crippen LogP contribution in [-0.2, 0) is 14.2 Å². The molecular formula is C23H28F2N4O6. The number of amidine groups is 1. The van der Waals surface area contributed by atoms with Crippen molar-refractivity contribution in [2.75, 3.05) is 49.2 Å². The molecule has 190 valence electrons. The highest BCUT2D eigenvalue weighted by Crippen LogP contribution is 2.42. The van der Waals surface area contributed by atoms with E-state index < -0.39 is 35.5 Å². The van der Waals surface area contributed by atoms with Gasteiger partial charge in [-0.05, 0) is 20.8 Å². The van der Waals surface area contributed by atoms with Gasteiger partial charge in [0.2, 0.25) is 0 Å². The number of amides is 2. The Kier molecular flexibility index (Phi) is 6.34. The maximum absolute atomic E-state index is 14.9. The lowest BCUT2D eigenvalue weighted by atomic mass is 9.77. The standard InChI is InChI=1S/C23H28F2N4O6/c1-22(2,3)35-21(32)29(18(26)4-5-30)9-15-8-28(20(31)34-15)14-6-16(24)19(17(25)7-14)27-10-23(11-27)12-33-13-23/h4-7,15,26,30H,8-13H2,1-3H3/b5-4-,26-18?/t15-/m1/s1. The number of anilines is 2. The first-order valence-corrected chi connectivity index (χ1v) is 11.1. The number of nitrogens with zero attached hydrogens (tertiary/aromatic N) is 3. The fourth-order valence-electron chi connectivity index (χ4n) is 4.28. The smallest absolute Gasteiger partial charge is 0.416 e. The number of carbonyl (C=O) groups is 2. The average Bonchev–Trinajstić information content (AvgIpc) is 3.04. The molecule has 10 nitrogen and oxygen atoms in total. The summed E-state index contributed by atoms with van der Waals surface area (Å²) < 4.78 is 45.5. The number of rotatable bonds is 5. The maximum Gasteiger partial charge on any atom is 0.416 e. The SMILES string of the molecule is CC(C)(C)OC(=O)N(C[C@H]1CN(c2cc(F)c(N3CC4(COC4)C3)c(F)c2)C(=O)O1)C(=N)/C=C\O. The van der Waals surface area contributed by atoms with Crippen LogP contribution >= 0.6 is 0 Å². The summed E-state index contributed by atoms with van der Waals surface area (Å²) in [7, 11) is 0. The molecule has 2 amide bonds. The summed E-state index contributed by atoms with van der Waals surface area (Å²) in [6.45, 7) is 6.74. The van der Waals surface area contributed by atoms with E-state index in [0.717, 1.165) is 28.0 Å². The van der Waals surface area contributed by atoms with Gasteiger partial charge < -0.3 is 24.2 Å². The molecule has 2 N–H and O–H groups in total. The number of benzene rings is 1. The Morgan fingerprint density at radius 2 is 1.94 bits per heavy atom. The summed E-state index contributed by atoms with van der Waals surface area (Å²) in [4.78, 5) is 28.6. The molecule has 3 aliphatic rings. The van der Waals surface area contributed by atoms with Crippen LogP contribution in [0.1, 0.15) is 20.8 Å². The third-order valence-corrected chi connectivity index (χ3v) is 5.90. The number of aliphatic hydroxyl groups excluding tert-OH is 1. The van der Waals surface area contributed by atoms with Crippen LogP contribution in [-0.4, -0.2) is 79.1 Å². The van der Waals surface area contributed by atoms with Crippen molar-refractivity contribution in [2.24, 2.45) is 5.41 Å². The Hall–Kier alpha value is -3.41. The first-order chi connectivity index (χ1) is 16.4. The van der Waals surface area contributed by atoms with Crippen LogP contribution in [0.5, 0.6) is 0 Å². The van der Waals surface area contributed by atoms with Gasteiger partial charge in [-0.1, -0.05) is 0 Å². The third kappa shape index (κ3) is 5.02. The van der Waals surface area contributed by atoms with Crippen LogP contribution in [0.3, 0.4) is 0 Å². The van der Waals surface area contributed by atoms with Crippen LogP contribution < -0.4 is 9.80 Å². The van der Waals surface area contributed by atoms with E-state index in [1.54, 1.807) is 25.7 Å². The second kappa shape index (κ2) is 8.99. The molecule has 1 aromatic rings. The van der Waals surface area contributed by atoms with Crippen molar-refractivity contribution in [1.29, 1.82) is 5.41 Å². The zero-order chi connectivity index (χ0) is 25.5. The zero-order valence-electron chi connectivity index (χ0n) is 19.7. The van der Waals surface area contributed by atoms with Crippen LogP contribution in [0.25, 0.3) is 0 Å². The second-order valence-electron chi connectivity index (χ2n) is 10.0. The zero-order valence-corrected chi connectivity index (χ0v) is 19.7. The summed E-state index contributed by atoms with van der Waals surface area (Å²) in [5.74, 6) is -1.98. The minimum Gasteiger partial charge on any atom is -0.515 e. The summed E-state index contributed by atoms with van der Waals surface area (Å²) in [5.41, 5.74) is -1.04. The Morgan fingerprint density at radius 1 is 1.31 bits per heavy atom. The number of hydrogen-bond donors (Lipinski definition) is 2. The fraction of sp³-hybridized carbons (Fsp3) is 0.522. The Balaban J connectivity index is 1.46. The van der Waals surface area contributed by atoms with Crippen molar-refractivity contribution in [3.63, 3.8) is 0 Å². The van der Waals surface area contributed by atoms with Crippen molar-refractivity contribution < 1.29 is 37.7 Å². The molecule has 3 aliphatic heterocycles. The van der Waals surface area contributed by atoms with E-state index in [9.17, 15) is 18.4 Å². The largest absolute Gasteiger partial charge is 0.515 e. The number of carbonyl (C=O) groups excluding carboxylic acids is 2. The molecule has 0 aromatic heterocycles. The number of hydrogen-bond acceptors (Lipinski definition) is 8. The van der Waals surface area contributed by atoms with Gasteiger partial charge in [-0.2, -0.15) is 0 Å². The average molecular weight is 494 g/mol. The van der Waals surface area contributed by atoms with Gasteiger partial charge in [-0.3, -0.25) is 15.2 Å². The molecule has 3 fully saturated rings. The maximum atomic E-state index is 14.9. The monoisotopic (exact) mass is 494 g/mol. The Labute approximate surface area is 201 Å². The van der Waals surface area contributed by atoms with Crippen LogP contribution in [0.4, 0.5) is 29.7 Å². The highest BCUT2D eigenvalue weighted by Gasteiger charge is 2.50. The van der Waals surface area contributed by atoms with Gasteiger partial charge in [0.1, 0.15) is 23.2 Å². The number of halogens is 2. The van der Waals surface area contributed by atoms with Gasteiger partial charge in [0.25, 0.3) is 0 Å². The van der Waals surface area contributed by atoms with Gasteiger partial charge >= 0.3 is 12.2 Å². The molecular weight excluding hydrogens is 466 g/mol. The van der Waals surface area contributed by atoms with Gasteiger partial charge in [-0.25, -0.2) is 18.4 Å². The van der Waals surface area contributed by atoms with Crippen molar-refractivity contribution in [3.05, 3.63) is 36.1 Å². The summed E-state index contributed by atoms with van der Waals surface area (Å²) >= 11 is 0. The molecule has 1 atom stereocenters. The second-order valence-corrected chi connectivity index (χ2v) is 10.0. The van der Waals surface area contributed by atoms with Crippen LogP contribution in [0, 0.1) is 22.5 Å². The molecule has 4 rings (SSSR count). The number of cyclic esters (lactones) is 1. The normalized spacial score (nSPS) is 21.1. The number of ether oxygens (including phenoxy) is 3. The minimum atomic E-state index is -0.915. The highest BCUT2D eigenvalue weighted by atomic mass is 19.1. The topological polar surface area (TPSA) is 116 Å². The predicted molar refractivity (Wildman–Crippen MR) is 122 cm³/mol. The van der Waals surface area contributed by atoms with Crippen molar-refractivity contribution in [3.8, 4) is 0 Å². The lowest BCUT2D eigenvalue weighted by Crippen LogP contribution is -2.66. The molecule has 0 unspecified atom stereocenters. The first kappa shape index (κ1) is 24.7. The van der Waals surface area contributed by atoms with E-state index in [4.69, 9.17) is 24.7 Å². The molecule has 3 heterocycles. The molecule has 0 aliphatic carbocycles. The van der Waals surface area contributed by atoms with E-state index in [1.165, 1.54) is 0 Å². The van der Waals surface area contributed by atoms with E-state index in [0.29, 0.717) is 32.6 Å². The molecule has 35 heavy (non-hydrogen) atoms. The molecule has 0 saturated carbocycles. The van der Waals surface area contributed by atoms with Crippen LogP contribution in [0.15, 0.2) is 24.5 Å².